The molecule has 102 valence electrons. The Labute approximate surface area is 108 Å². The first-order chi connectivity index (χ1) is 8.40. The molecular weight excluding hydrogens is 271 g/mol. The Morgan fingerprint density at radius 2 is 2.11 bits per heavy atom. The van der Waals surface area contributed by atoms with Crippen LogP contribution in [-0.2, 0) is 0 Å². The summed E-state index contributed by atoms with van der Waals surface area (Å²) in [6.07, 6.45) is -5.08. The Kier molecular flexibility index (Phi) is 5.55. The lowest BCUT2D eigenvalue weighted by atomic mass is 10.3. The molecule has 0 aliphatic heterocycles. The van der Waals surface area contributed by atoms with Gasteiger partial charge in [-0.3, -0.25) is 0 Å². The predicted octanol–water partition coefficient (Wildman–Crippen LogP) is 2.64. The average molecular weight is 284 g/mol. The highest BCUT2D eigenvalue weighted by Gasteiger charge is 2.28. The summed E-state index contributed by atoms with van der Waals surface area (Å²) in [7, 11) is 0. The van der Waals surface area contributed by atoms with E-state index in [0.717, 1.165) is 0 Å². The van der Waals surface area contributed by atoms with Gasteiger partial charge in [0.15, 0.2) is 6.61 Å². The molecule has 1 aromatic carbocycles. The Morgan fingerprint density at radius 3 is 2.72 bits per heavy atom. The zero-order valence-electron chi connectivity index (χ0n) is 9.38. The lowest BCUT2D eigenvalue weighted by Crippen LogP contribution is -2.21. The van der Waals surface area contributed by atoms with Crippen LogP contribution in [0.2, 0.25) is 0 Å². The van der Waals surface area contributed by atoms with Gasteiger partial charge in [-0.1, -0.05) is 6.07 Å². The summed E-state index contributed by atoms with van der Waals surface area (Å²) in [5.41, 5.74) is 0.554. The third-order valence-corrected chi connectivity index (χ3v) is 2.31. The molecule has 0 radical (unpaired) electrons. The number of ether oxygens (including phenoxy) is 1. The summed E-state index contributed by atoms with van der Waals surface area (Å²) < 4.78 is 40.5. The first-order valence-electron chi connectivity index (χ1n) is 5.18. The van der Waals surface area contributed by atoms with Crippen LogP contribution in [0.25, 0.3) is 0 Å². The number of alkyl halides is 4. The second kappa shape index (κ2) is 6.70. The van der Waals surface area contributed by atoms with Crippen molar-refractivity contribution >= 4 is 17.3 Å². The van der Waals surface area contributed by atoms with Crippen molar-refractivity contribution in [3.8, 4) is 5.75 Å². The molecule has 7 heteroatoms. The van der Waals surface area contributed by atoms with E-state index in [1.54, 1.807) is 12.1 Å². The molecule has 1 atom stereocenters. The number of hydrogen-bond acceptors (Lipinski definition) is 3. The Balaban J connectivity index is 2.51. The van der Waals surface area contributed by atoms with Crippen LogP contribution in [0.4, 0.5) is 18.9 Å². The highest BCUT2D eigenvalue weighted by atomic mass is 35.5. The molecule has 0 fully saturated rings. The zero-order valence-corrected chi connectivity index (χ0v) is 10.1. The van der Waals surface area contributed by atoms with E-state index < -0.39 is 18.9 Å². The van der Waals surface area contributed by atoms with Crippen molar-refractivity contribution in [2.24, 2.45) is 0 Å². The van der Waals surface area contributed by atoms with Crippen LogP contribution in [0.5, 0.6) is 5.75 Å². The number of aliphatic hydroxyl groups is 1. The van der Waals surface area contributed by atoms with E-state index in [4.69, 9.17) is 11.6 Å². The Morgan fingerprint density at radius 1 is 1.39 bits per heavy atom. The summed E-state index contributed by atoms with van der Waals surface area (Å²) in [4.78, 5) is 0. The van der Waals surface area contributed by atoms with E-state index in [9.17, 15) is 18.3 Å². The molecule has 0 saturated heterocycles. The maximum atomic E-state index is 12.0. The molecule has 0 amide bonds. The van der Waals surface area contributed by atoms with Crippen LogP contribution in [0.15, 0.2) is 24.3 Å². The van der Waals surface area contributed by atoms with Crippen molar-refractivity contribution < 1.29 is 23.0 Å². The van der Waals surface area contributed by atoms with Crippen molar-refractivity contribution in [2.75, 3.05) is 24.3 Å². The minimum Gasteiger partial charge on any atom is -0.484 e. The molecule has 0 aliphatic carbocycles. The van der Waals surface area contributed by atoms with Crippen LogP contribution in [-0.4, -0.2) is 36.4 Å². The molecule has 0 aliphatic rings. The standard InChI is InChI=1S/C11H13ClF3NO2/c12-5-9(17)6-16-8-2-1-3-10(4-8)18-7-11(13,14)15/h1-4,9,16-17H,5-7H2. The molecule has 1 rings (SSSR count). The molecule has 2 N–H and O–H groups in total. The molecule has 0 heterocycles. The van der Waals surface area contributed by atoms with E-state index in [-0.39, 0.29) is 18.2 Å². The van der Waals surface area contributed by atoms with Gasteiger partial charge in [0, 0.05) is 18.3 Å². The largest absolute Gasteiger partial charge is 0.484 e. The molecule has 0 bridgehead atoms. The normalized spacial score (nSPS) is 13.2. The highest BCUT2D eigenvalue weighted by molar-refractivity contribution is 6.18. The van der Waals surface area contributed by atoms with Crippen LogP contribution in [0, 0.1) is 0 Å². The SMILES string of the molecule is OC(CCl)CNc1cccc(OCC(F)(F)F)c1. The lowest BCUT2D eigenvalue weighted by molar-refractivity contribution is -0.153. The first kappa shape index (κ1) is 14.9. The Hall–Kier alpha value is -1.14. The monoisotopic (exact) mass is 283 g/mol. The third kappa shape index (κ3) is 5.97. The van der Waals surface area contributed by atoms with Crippen LogP contribution in [0.3, 0.4) is 0 Å². The molecule has 18 heavy (non-hydrogen) atoms. The van der Waals surface area contributed by atoms with Crippen molar-refractivity contribution in [3.63, 3.8) is 0 Å². The molecular formula is C11H13ClF3NO2. The van der Waals surface area contributed by atoms with Gasteiger partial charge < -0.3 is 15.2 Å². The smallest absolute Gasteiger partial charge is 0.422 e. The fraction of sp³-hybridized carbons (Fsp3) is 0.455. The van der Waals surface area contributed by atoms with E-state index >= 15 is 0 Å². The predicted molar refractivity (Wildman–Crippen MR) is 63.2 cm³/mol. The number of halogens is 4. The van der Waals surface area contributed by atoms with Crippen molar-refractivity contribution in [1.29, 1.82) is 0 Å². The summed E-state index contributed by atoms with van der Waals surface area (Å²) in [6, 6.07) is 6.06. The second-order valence-electron chi connectivity index (χ2n) is 3.62. The van der Waals surface area contributed by atoms with Gasteiger partial charge in [-0.15, -0.1) is 11.6 Å². The van der Waals surface area contributed by atoms with Crippen LogP contribution >= 0.6 is 11.6 Å². The highest BCUT2D eigenvalue weighted by Crippen LogP contribution is 2.21. The number of rotatable bonds is 6. The van der Waals surface area contributed by atoms with Crippen molar-refractivity contribution in [2.45, 2.75) is 12.3 Å². The van der Waals surface area contributed by atoms with Gasteiger partial charge in [0.2, 0.25) is 0 Å². The number of nitrogens with one attached hydrogen (secondary N) is 1. The maximum absolute atomic E-state index is 12.0. The van der Waals surface area contributed by atoms with E-state index in [1.807, 2.05) is 0 Å². The Bertz CT molecular complexity index is 374. The van der Waals surface area contributed by atoms with Gasteiger partial charge in [-0.05, 0) is 12.1 Å². The van der Waals surface area contributed by atoms with Gasteiger partial charge in [0.25, 0.3) is 0 Å². The number of anilines is 1. The van der Waals surface area contributed by atoms with Gasteiger partial charge in [0.05, 0.1) is 12.0 Å². The molecule has 3 nitrogen and oxygen atoms in total. The molecule has 1 aromatic rings. The molecule has 0 spiro atoms. The maximum Gasteiger partial charge on any atom is 0.422 e. The number of benzene rings is 1. The second-order valence-corrected chi connectivity index (χ2v) is 3.93. The minimum atomic E-state index is -4.36. The van der Waals surface area contributed by atoms with Crippen molar-refractivity contribution in [3.05, 3.63) is 24.3 Å². The van der Waals surface area contributed by atoms with Gasteiger partial charge in [0.1, 0.15) is 5.75 Å². The third-order valence-electron chi connectivity index (χ3n) is 1.96. The van der Waals surface area contributed by atoms with E-state index in [0.29, 0.717) is 5.69 Å². The first-order valence-corrected chi connectivity index (χ1v) is 5.71. The number of hydrogen-bond donors (Lipinski definition) is 2. The van der Waals surface area contributed by atoms with E-state index in [1.165, 1.54) is 12.1 Å². The van der Waals surface area contributed by atoms with Crippen molar-refractivity contribution in [1.82, 2.24) is 0 Å². The van der Waals surface area contributed by atoms with Crippen LogP contribution in [0.1, 0.15) is 0 Å². The summed E-state index contributed by atoms with van der Waals surface area (Å²) in [5.74, 6) is 0.190. The van der Waals surface area contributed by atoms with Gasteiger partial charge in [-0.25, -0.2) is 0 Å². The number of aliphatic hydroxyl groups excluding tert-OH is 1. The summed E-state index contributed by atoms with van der Waals surface area (Å²) in [6.45, 7) is -1.12. The fourth-order valence-corrected chi connectivity index (χ4v) is 1.26. The summed E-state index contributed by atoms with van der Waals surface area (Å²) in [5, 5.41) is 12.1. The van der Waals surface area contributed by atoms with E-state index in [2.05, 4.69) is 10.1 Å². The van der Waals surface area contributed by atoms with Gasteiger partial charge >= 0.3 is 6.18 Å². The molecule has 1 unspecified atom stereocenters. The lowest BCUT2D eigenvalue weighted by Gasteiger charge is -2.12. The molecule has 0 saturated carbocycles. The van der Waals surface area contributed by atoms with Gasteiger partial charge in [-0.2, -0.15) is 13.2 Å². The average Bonchev–Trinajstić information content (AvgIpc) is 2.33. The minimum absolute atomic E-state index is 0.0806. The zero-order chi connectivity index (χ0) is 13.6. The fourth-order valence-electron chi connectivity index (χ4n) is 1.15. The quantitative estimate of drug-likeness (QED) is 0.789. The van der Waals surface area contributed by atoms with Crippen LogP contribution < -0.4 is 10.1 Å². The topological polar surface area (TPSA) is 41.5 Å². The molecule has 0 aromatic heterocycles. The summed E-state index contributed by atoms with van der Waals surface area (Å²) >= 11 is 5.41.